The molecule has 5 nitrogen and oxygen atoms in total. The Labute approximate surface area is 144 Å². The van der Waals surface area contributed by atoms with Gasteiger partial charge in [0.15, 0.2) is 0 Å². The van der Waals surface area contributed by atoms with E-state index in [0.717, 1.165) is 6.07 Å². The Bertz CT molecular complexity index is 885. The summed E-state index contributed by atoms with van der Waals surface area (Å²) in [7, 11) is -3.39. The summed E-state index contributed by atoms with van der Waals surface area (Å²) in [6.45, 7) is 3.23. The van der Waals surface area contributed by atoms with Crippen molar-refractivity contribution in [3.63, 3.8) is 0 Å². The number of hydrogen-bond acceptors (Lipinski definition) is 3. The predicted molar refractivity (Wildman–Crippen MR) is 93.6 cm³/mol. The molecule has 0 bridgehead atoms. The van der Waals surface area contributed by atoms with Crippen molar-refractivity contribution in [3.8, 4) is 0 Å². The van der Waals surface area contributed by atoms with Crippen LogP contribution in [-0.4, -0.2) is 20.1 Å². The molecule has 0 heterocycles. The lowest BCUT2D eigenvalue weighted by atomic mass is 10.1. The molecule has 0 aromatic heterocycles. The third kappa shape index (κ3) is 4.46. The number of halogens is 2. The molecule has 24 heavy (non-hydrogen) atoms. The Hall–Kier alpha value is -2.12. The molecule has 2 aromatic rings. The first-order chi connectivity index (χ1) is 11.2. The molecule has 2 aromatic carbocycles. The normalized spacial score (nSPS) is 11.2. The summed E-state index contributed by atoms with van der Waals surface area (Å²) in [6, 6.07) is 8.36. The van der Waals surface area contributed by atoms with Crippen LogP contribution < -0.4 is 10.0 Å². The first-order valence-corrected chi connectivity index (χ1v) is 9.12. The molecule has 0 saturated heterocycles. The maximum atomic E-state index is 13.7. The molecule has 0 aliphatic heterocycles. The zero-order chi connectivity index (χ0) is 17.9. The van der Waals surface area contributed by atoms with Crippen LogP contribution in [-0.2, 0) is 10.0 Å². The average Bonchev–Trinajstić information content (AvgIpc) is 2.52. The summed E-state index contributed by atoms with van der Waals surface area (Å²) >= 11 is 5.77. The fraction of sp³-hybridized carbons (Fsp3) is 0.188. The van der Waals surface area contributed by atoms with Gasteiger partial charge < -0.3 is 5.32 Å². The molecular formula is C16H16ClFN2O3S. The van der Waals surface area contributed by atoms with E-state index in [-0.39, 0.29) is 16.3 Å². The number of anilines is 2. The number of nitrogens with one attached hydrogen (secondary N) is 2. The Morgan fingerprint density at radius 3 is 2.54 bits per heavy atom. The van der Waals surface area contributed by atoms with Crippen LogP contribution in [0.25, 0.3) is 0 Å². The van der Waals surface area contributed by atoms with Gasteiger partial charge in [-0.3, -0.25) is 9.52 Å². The Kier molecular flexibility index (Phi) is 5.46. The van der Waals surface area contributed by atoms with Gasteiger partial charge in [0.1, 0.15) is 5.82 Å². The number of sulfonamides is 1. The van der Waals surface area contributed by atoms with E-state index in [1.54, 1.807) is 13.0 Å². The van der Waals surface area contributed by atoms with Gasteiger partial charge in [0.2, 0.25) is 10.0 Å². The summed E-state index contributed by atoms with van der Waals surface area (Å²) in [5.74, 6) is -1.36. The van der Waals surface area contributed by atoms with Crippen molar-refractivity contribution >= 4 is 38.9 Å². The third-order valence-corrected chi connectivity index (χ3v) is 4.83. The van der Waals surface area contributed by atoms with Crippen molar-refractivity contribution in [1.82, 2.24) is 0 Å². The summed E-state index contributed by atoms with van der Waals surface area (Å²) in [5, 5.41) is 2.81. The van der Waals surface area contributed by atoms with Gasteiger partial charge >= 0.3 is 0 Å². The second kappa shape index (κ2) is 7.19. The van der Waals surface area contributed by atoms with Crippen LogP contribution in [0.2, 0.25) is 5.02 Å². The minimum absolute atomic E-state index is 0.0427. The van der Waals surface area contributed by atoms with Crippen LogP contribution in [0.4, 0.5) is 15.8 Å². The molecule has 0 aliphatic carbocycles. The topological polar surface area (TPSA) is 75.3 Å². The van der Waals surface area contributed by atoms with Gasteiger partial charge in [-0.25, -0.2) is 12.8 Å². The minimum atomic E-state index is -3.39. The third-order valence-electron chi connectivity index (χ3n) is 3.30. The number of benzene rings is 2. The molecule has 0 aliphatic rings. The second-order valence-corrected chi connectivity index (χ2v) is 7.56. The number of amides is 1. The highest BCUT2D eigenvalue weighted by Gasteiger charge is 2.14. The highest BCUT2D eigenvalue weighted by atomic mass is 35.5. The van der Waals surface area contributed by atoms with E-state index < -0.39 is 21.7 Å². The van der Waals surface area contributed by atoms with Crippen molar-refractivity contribution in [2.45, 2.75) is 13.8 Å². The Morgan fingerprint density at radius 2 is 1.92 bits per heavy atom. The first kappa shape index (κ1) is 18.2. The molecule has 0 unspecified atom stereocenters. The fourth-order valence-corrected chi connectivity index (χ4v) is 2.85. The summed E-state index contributed by atoms with van der Waals surface area (Å²) in [6.07, 6.45) is 0. The molecule has 0 fully saturated rings. The van der Waals surface area contributed by atoms with Gasteiger partial charge in [-0.05, 0) is 55.8 Å². The lowest BCUT2D eigenvalue weighted by Gasteiger charge is -2.12. The van der Waals surface area contributed by atoms with Gasteiger partial charge in [-0.2, -0.15) is 0 Å². The standard InChI is InChI=1S/C16H16ClFN2O3S/c1-3-24(22,23)20-15-7-5-12(8-10(15)2)19-16(21)13-9-11(17)4-6-14(13)18/h4-9,20H,3H2,1-2H3,(H,19,21). The molecule has 1 amide bonds. The van der Waals surface area contributed by atoms with Crippen LogP contribution >= 0.6 is 11.6 Å². The SMILES string of the molecule is CCS(=O)(=O)Nc1ccc(NC(=O)c2cc(Cl)ccc2F)cc1C. The molecule has 0 radical (unpaired) electrons. The van der Waals surface area contributed by atoms with Crippen molar-refractivity contribution in [2.75, 3.05) is 15.8 Å². The van der Waals surface area contributed by atoms with Crippen LogP contribution in [0.3, 0.4) is 0 Å². The van der Waals surface area contributed by atoms with Gasteiger partial charge in [0, 0.05) is 10.7 Å². The molecule has 0 spiro atoms. The van der Waals surface area contributed by atoms with E-state index in [0.29, 0.717) is 16.9 Å². The summed E-state index contributed by atoms with van der Waals surface area (Å²) < 4.78 is 39.3. The monoisotopic (exact) mass is 370 g/mol. The van der Waals surface area contributed by atoms with Crippen LogP contribution in [0.1, 0.15) is 22.8 Å². The van der Waals surface area contributed by atoms with E-state index in [4.69, 9.17) is 11.6 Å². The van der Waals surface area contributed by atoms with Crippen LogP contribution in [0, 0.1) is 12.7 Å². The Balaban J connectivity index is 2.20. The summed E-state index contributed by atoms with van der Waals surface area (Å²) in [5.41, 5.74) is 1.28. The van der Waals surface area contributed by atoms with E-state index in [2.05, 4.69) is 10.0 Å². The maximum absolute atomic E-state index is 13.7. The van der Waals surface area contributed by atoms with Crippen molar-refractivity contribution in [1.29, 1.82) is 0 Å². The lowest BCUT2D eigenvalue weighted by molar-refractivity contribution is 0.102. The number of rotatable bonds is 5. The molecule has 128 valence electrons. The highest BCUT2D eigenvalue weighted by molar-refractivity contribution is 7.92. The van der Waals surface area contributed by atoms with E-state index in [1.165, 1.54) is 31.2 Å². The largest absolute Gasteiger partial charge is 0.322 e. The van der Waals surface area contributed by atoms with Gasteiger partial charge in [0.05, 0.1) is 17.0 Å². The van der Waals surface area contributed by atoms with E-state index >= 15 is 0 Å². The van der Waals surface area contributed by atoms with Gasteiger partial charge in [-0.15, -0.1) is 0 Å². The van der Waals surface area contributed by atoms with Crippen molar-refractivity contribution in [3.05, 3.63) is 58.4 Å². The molecule has 8 heteroatoms. The average molecular weight is 371 g/mol. The molecule has 0 atom stereocenters. The smallest absolute Gasteiger partial charge is 0.258 e. The van der Waals surface area contributed by atoms with Gasteiger partial charge in [0.25, 0.3) is 5.91 Å². The first-order valence-electron chi connectivity index (χ1n) is 7.09. The number of carbonyl (C=O) groups is 1. The van der Waals surface area contributed by atoms with Crippen molar-refractivity contribution in [2.24, 2.45) is 0 Å². The van der Waals surface area contributed by atoms with Crippen molar-refractivity contribution < 1.29 is 17.6 Å². The molecule has 0 saturated carbocycles. The maximum Gasteiger partial charge on any atom is 0.258 e. The van der Waals surface area contributed by atoms with E-state index in [9.17, 15) is 17.6 Å². The molecule has 2 N–H and O–H groups in total. The number of hydrogen-bond donors (Lipinski definition) is 2. The quantitative estimate of drug-likeness (QED) is 0.840. The zero-order valence-corrected chi connectivity index (χ0v) is 14.6. The second-order valence-electron chi connectivity index (χ2n) is 5.11. The molecular weight excluding hydrogens is 355 g/mol. The predicted octanol–water partition coefficient (Wildman–Crippen LogP) is 3.80. The zero-order valence-electron chi connectivity index (χ0n) is 13.1. The van der Waals surface area contributed by atoms with Gasteiger partial charge in [-0.1, -0.05) is 11.6 Å². The molecule has 2 rings (SSSR count). The minimum Gasteiger partial charge on any atom is -0.322 e. The number of aryl methyl sites for hydroxylation is 1. The fourth-order valence-electron chi connectivity index (χ4n) is 1.97. The van der Waals surface area contributed by atoms with E-state index in [1.807, 2.05) is 0 Å². The number of carbonyl (C=O) groups excluding carboxylic acids is 1. The Morgan fingerprint density at radius 1 is 1.21 bits per heavy atom. The lowest BCUT2D eigenvalue weighted by Crippen LogP contribution is -2.16. The van der Waals surface area contributed by atoms with Crippen LogP contribution in [0.15, 0.2) is 36.4 Å². The van der Waals surface area contributed by atoms with Crippen LogP contribution in [0.5, 0.6) is 0 Å². The summed E-state index contributed by atoms with van der Waals surface area (Å²) in [4.78, 5) is 12.1. The highest BCUT2D eigenvalue weighted by Crippen LogP contribution is 2.22.